The van der Waals surface area contributed by atoms with Crippen molar-refractivity contribution in [3.05, 3.63) is 71.8 Å². The van der Waals surface area contributed by atoms with Crippen LogP contribution in [0.25, 0.3) is 0 Å². The first-order chi connectivity index (χ1) is 22.3. The van der Waals surface area contributed by atoms with E-state index in [9.17, 15) is 24.0 Å². The predicted octanol–water partition coefficient (Wildman–Crippen LogP) is 1.84. The van der Waals surface area contributed by atoms with Crippen molar-refractivity contribution in [2.45, 2.75) is 70.0 Å². The lowest BCUT2D eigenvalue weighted by Gasteiger charge is -2.27. The van der Waals surface area contributed by atoms with E-state index in [2.05, 4.69) is 27.2 Å². The smallest absolute Gasteiger partial charge is 0.305 e. The van der Waals surface area contributed by atoms with Crippen LogP contribution in [-0.4, -0.2) is 74.1 Å². The molecular weight excluding hydrogens is 588 g/mol. The molecular formula is C35H44N4O7. The lowest BCUT2D eigenvalue weighted by Crippen LogP contribution is -2.56. The van der Waals surface area contributed by atoms with Crippen molar-refractivity contribution in [1.82, 2.24) is 21.3 Å². The first-order valence-corrected chi connectivity index (χ1v) is 15.7. The van der Waals surface area contributed by atoms with Gasteiger partial charge in [-0.1, -0.05) is 66.6 Å². The van der Waals surface area contributed by atoms with Crippen LogP contribution in [0.2, 0.25) is 0 Å². The minimum atomic E-state index is -1.01. The zero-order valence-electron chi connectivity index (χ0n) is 26.3. The van der Waals surface area contributed by atoms with Crippen LogP contribution in [0, 0.1) is 18.3 Å². The number of hydrogen-bond acceptors (Lipinski definition) is 7. The van der Waals surface area contributed by atoms with Crippen LogP contribution in [0.5, 0.6) is 0 Å². The highest BCUT2D eigenvalue weighted by molar-refractivity contribution is 5.92. The molecule has 1 saturated heterocycles. The number of amides is 4. The van der Waals surface area contributed by atoms with Gasteiger partial charge in [-0.05, 0) is 37.3 Å². The van der Waals surface area contributed by atoms with Crippen molar-refractivity contribution in [2.24, 2.45) is 5.92 Å². The van der Waals surface area contributed by atoms with E-state index in [4.69, 9.17) is 15.9 Å². The first-order valence-electron chi connectivity index (χ1n) is 15.7. The molecule has 0 saturated carbocycles. The summed E-state index contributed by atoms with van der Waals surface area (Å²) in [4.78, 5) is 64.9. The van der Waals surface area contributed by atoms with Crippen LogP contribution in [0.3, 0.4) is 0 Å². The Bertz CT molecular complexity index is 1330. The highest BCUT2D eigenvalue weighted by Crippen LogP contribution is 2.19. The molecule has 0 unspecified atom stereocenters. The van der Waals surface area contributed by atoms with E-state index in [1.54, 1.807) is 6.92 Å². The van der Waals surface area contributed by atoms with E-state index >= 15 is 0 Å². The van der Waals surface area contributed by atoms with Gasteiger partial charge in [0.2, 0.25) is 23.6 Å². The maximum Gasteiger partial charge on any atom is 0.305 e. The van der Waals surface area contributed by atoms with Crippen LogP contribution in [0.15, 0.2) is 60.7 Å². The monoisotopic (exact) mass is 632 g/mol. The third kappa shape index (κ3) is 12.7. The largest absolute Gasteiger partial charge is 0.466 e. The van der Waals surface area contributed by atoms with Gasteiger partial charge in [-0.2, -0.15) is 0 Å². The molecule has 0 bridgehead atoms. The predicted molar refractivity (Wildman–Crippen MR) is 172 cm³/mol. The Morgan fingerprint density at radius 3 is 2.09 bits per heavy atom. The molecule has 246 valence electrons. The first kappa shape index (κ1) is 35.8. The summed E-state index contributed by atoms with van der Waals surface area (Å²) in [6, 6.07) is 16.0. The van der Waals surface area contributed by atoms with Gasteiger partial charge in [0, 0.05) is 37.8 Å². The zero-order chi connectivity index (χ0) is 33.1. The molecule has 1 fully saturated rings. The summed E-state index contributed by atoms with van der Waals surface area (Å²) < 4.78 is 10.3. The van der Waals surface area contributed by atoms with E-state index < -0.39 is 41.8 Å². The fraction of sp³-hybridized carbons (Fsp3) is 0.457. The number of ether oxygens (including phenoxy) is 2. The fourth-order valence-electron chi connectivity index (χ4n) is 5.24. The van der Waals surface area contributed by atoms with Gasteiger partial charge in [-0.25, -0.2) is 0 Å². The quantitative estimate of drug-likeness (QED) is 0.105. The van der Waals surface area contributed by atoms with Crippen molar-refractivity contribution >= 4 is 29.6 Å². The second-order valence-corrected chi connectivity index (χ2v) is 11.1. The minimum absolute atomic E-state index is 0.00503. The average molecular weight is 633 g/mol. The summed E-state index contributed by atoms with van der Waals surface area (Å²) in [5.41, 5.74) is 1.64. The second-order valence-electron chi connectivity index (χ2n) is 11.1. The van der Waals surface area contributed by atoms with Crippen molar-refractivity contribution in [1.29, 1.82) is 0 Å². The molecule has 1 heterocycles. The van der Waals surface area contributed by atoms with Gasteiger partial charge in [-0.3, -0.25) is 24.0 Å². The van der Waals surface area contributed by atoms with E-state index in [-0.39, 0.29) is 63.7 Å². The summed E-state index contributed by atoms with van der Waals surface area (Å²) in [6.45, 7) is 2.69. The number of nitrogens with one attached hydrogen (secondary N) is 4. The normalized spacial score (nSPS) is 15.8. The summed E-state index contributed by atoms with van der Waals surface area (Å²) in [5, 5.41) is 11.5. The second kappa shape index (κ2) is 19.6. The number of esters is 1. The molecule has 0 spiro atoms. The number of benzene rings is 2. The van der Waals surface area contributed by atoms with E-state index in [1.807, 2.05) is 60.7 Å². The Labute approximate surface area is 270 Å². The van der Waals surface area contributed by atoms with Crippen molar-refractivity contribution in [3.63, 3.8) is 0 Å². The lowest BCUT2D eigenvalue weighted by atomic mass is 9.94. The third-order valence-electron chi connectivity index (χ3n) is 7.59. The van der Waals surface area contributed by atoms with Crippen LogP contribution < -0.4 is 21.3 Å². The van der Waals surface area contributed by atoms with Crippen molar-refractivity contribution < 1.29 is 33.4 Å². The van der Waals surface area contributed by atoms with Gasteiger partial charge < -0.3 is 30.7 Å². The molecule has 1 aliphatic rings. The standard InChI is InChI=1S/C35H44N4O7/c1-3-20-45-21-18-31(40)38-29(22-25-11-7-5-8-12-25)35(44)39-30(23-26-13-9-6-10-14-26)34(43)37-28(15-16-32(41)46-4-2)24-27-17-19-36-33(27)42/h1,5-14,27-30H,4,15-24H2,2H3,(H,36,42)(H,37,43)(H,38,40)(H,39,44)/t27-,28+,29+,30-/m0/s1. The van der Waals surface area contributed by atoms with E-state index in [1.165, 1.54) is 0 Å². The zero-order valence-corrected chi connectivity index (χ0v) is 26.3. The molecule has 1 aliphatic heterocycles. The average Bonchev–Trinajstić information content (AvgIpc) is 3.46. The highest BCUT2D eigenvalue weighted by atomic mass is 16.5. The molecule has 46 heavy (non-hydrogen) atoms. The van der Waals surface area contributed by atoms with Gasteiger partial charge in [0.15, 0.2) is 0 Å². The SMILES string of the molecule is C#CCOCCC(=O)N[C@H](Cc1ccccc1)C(=O)N[C@@H](Cc1ccccc1)C(=O)N[C@H](CCC(=O)OCC)C[C@@H]1CCNC1=O. The molecule has 2 aromatic carbocycles. The Morgan fingerprint density at radius 2 is 1.52 bits per heavy atom. The van der Waals surface area contributed by atoms with E-state index in [0.29, 0.717) is 19.4 Å². The highest BCUT2D eigenvalue weighted by Gasteiger charge is 2.32. The number of carbonyl (C=O) groups excluding carboxylic acids is 5. The maximum absolute atomic E-state index is 13.9. The lowest BCUT2D eigenvalue weighted by molar-refractivity contribution is -0.143. The summed E-state index contributed by atoms with van der Waals surface area (Å²) in [5.74, 6) is 0.168. The van der Waals surface area contributed by atoms with Crippen LogP contribution in [-0.2, 0) is 46.3 Å². The Morgan fingerprint density at radius 1 is 0.913 bits per heavy atom. The molecule has 11 heteroatoms. The van der Waals surface area contributed by atoms with Gasteiger partial charge in [0.1, 0.15) is 18.7 Å². The fourth-order valence-corrected chi connectivity index (χ4v) is 5.24. The van der Waals surface area contributed by atoms with Gasteiger partial charge in [0.25, 0.3) is 0 Å². The Balaban J connectivity index is 1.79. The van der Waals surface area contributed by atoms with Crippen molar-refractivity contribution in [2.75, 3.05) is 26.4 Å². The number of hydrogen-bond donors (Lipinski definition) is 4. The van der Waals surface area contributed by atoms with Crippen LogP contribution >= 0.6 is 0 Å². The maximum atomic E-state index is 13.9. The molecule has 4 atom stereocenters. The van der Waals surface area contributed by atoms with E-state index in [0.717, 1.165) is 11.1 Å². The summed E-state index contributed by atoms with van der Waals surface area (Å²) >= 11 is 0. The van der Waals surface area contributed by atoms with Crippen LogP contribution in [0.1, 0.15) is 50.2 Å². The Hall–Kier alpha value is -4.69. The molecule has 2 aromatic rings. The third-order valence-corrected chi connectivity index (χ3v) is 7.59. The van der Waals surface area contributed by atoms with Crippen LogP contribution in [0.4, 0.5) is 0 Å². The van der Waals surface area contributed by atoms with Gasteiger partial charge >= 0.3 is 5.97 Å². The van der Waals surface area contributed by atoms with Crippen molar-refractivity contribution in [3.8, 4) is 12.3 Å². The summed E-state index contributed by atoms with van der Waals surface area (Å²) in [7, 11) is 0. The minimum Gasteiger partial charge on any atom is -0.466 e. The molecule has 3 rings (SSSR count). The molecule has 11 nitrogen and oxygen atoms in total. The van der Waals surface area contributed by atoms with Gasteiger partial charge in [-0.15, -0.1) is 6.42 Å². The molecule has 4 N–H and O–H groups in total. The molecule has 0 radical (unpaired) electrons. The topological polar surface area (TPSA) is 152 Å². The molecule has 0 aromatic heterocycles. The molecule has 4 amide bonds. The molecule has 0 aliphatic carbocycles. The number of rotatable bonds is 19. The number of terminal acetylenes is 1. The van der Waals surface area contributed by atoms with Gasteiger partial charge in [0.05, 0.1) is 19.6 Å². The Kier molecular flexibility index (Phi) is 15.3. The summed E-state index contributed by atoms with van der Waals surface area (Å²) in [6.07, 6.45) is 6.89. The number of carbonyl (C=O) groups is 5.